The quantitative estimate of drug-likeness (QED) is 0.760. The molecular formula is C26H32N4O2. The number of hydrogen-bond donors (Lipinski definition) is 1. The molecule has 4 saturated carbocycles. The van der Waals surface area contributed by atoms with Gasteiger partial charge in [0.2, 0.25) is 5.91 Å². The molecule has 4 aliphatic rings. The third kappa shape index (κ3) is 3.76. The highest BCUT2D eigenvalue weighted by Gasteiger charge is 2.49. The van der Waals surface area contributed by atoms with Crippen LogP contribution in [0.5, 0.6) is 0 Å². The van der Waals surface area contributed by atoms with Crippen LogP contribution in [0, 0.1) is 23.7 Å². The van der Waals surface area contributed by atoms with Crippen LogP contribution in [0.4, 0.5) is 10.6 Å². The lowest BCUT2D eigenvalue weighted by Gasteiger charge is -2.55. The lowest BCUT2D eigenvalue weighted by molar-refractivity contribution is -0.00300. The van der Waals surface area contributed by atoms with Crippen LogP contribution in [0.1, 0.15) is 59.5 Å². The molecule has 32 heavy (non-hydrogen) atoms. The van der Waals surface area contributed by atoms with Gasteiger partial charge in [-0.05, 0) is 91.0 Å². The Hall–Kier alpha value is -2.89. The van der Waals surface area contributed by atoms with Gasteiger partial charge < -0.3 is 10.6 Å². The van der Waals surface area contributed by atoms with E-state index in [1.54, 1.807) is 30.1 Å². The first-order valence-corrected chi connectivity index (χ1v) is 11.7. The summed E-state index contributed by atoms with van der Waals surface area (Å²) in [5.41, 5.74) is 8.60. The third-order valence-electron chi connectivity index (χ3n) is 7.99. The Balaban J connectivity index is 1.39. The second-order valence-corrected chi connectivity index (χ2v) is 10.1. The Kier molecular flexibility index (Phi) is 5.39. The Labute approximate surface area is 189 Å². The summed E-state index contributed by atoms with van der Waals surface area (Å²) >= 11 is 0. The van der Waals surface area contributed by atoms with Gasteiger partial charge in [-0.2, -0.15) is 0 Å². The second-order valence-electron chi connectivity index (χ2n) is 10.1. The summed E-state index contributed by atoms with van der Waals surface area (Å²) in [5, 5.41) is 0. The van der Waals surface area contributed by atoms with Crippen molar-refractivity contribution in [1.29, 1.82) is 0 Å². The fourth-order valence-corrected chi connectivity index (χ4v) is 6.89. The van der Waals surface area contributed by atoms with Gasteiger partial charge in [0.1, 0.15) is 5.82 Å². The zero-order valence-corrected chi connectivity index (χ0v) is 18.9. The number of carbonyl (C=O) groups excluding carboxylic acids is 2. The van der Waals surface area contributed by atoms with Crippen molar-refractivity contribution < 1.29 is 9.59 Å². The van der Waals surface area contributed by atoms with Crippen LogP contribution in [0.15, 0.2) is 42.6 Å². The molecule has 4 aliphatic carbocycles. The SMILES string of the molecule is CN(Cc1ccc(C(N)=O)c(C2C3CC4CC(C3)CC2C4)c1)C(=O)N(C)c1ccccn1. The molecule has 1 aromatic carbocycles. The molecule has 1 heterocycles. The fourth-order valence-electron chi connectivity index (χ4n) is 6.89. The van der Waals surface area contributed by atoms with Crippen molar-refractivity contribution in [3.8, 4) is 0 Å². The highest BCUT2D eigenvalue weighted by Crippen LogP contribution is 2.60. The minimum absolute atomic E-state index is 0.126. The van der Waals surface area contributed by atoms with Crippen LogP contribution in [0.3, 0.4) is 0 Å². The first-order valence-electron chi connectivity index (χ1n) is 11.7. The molecule has 4 fully saturated rings. The predicted molar refractivity (Wildman–Crippen MR) is 124 cm³/mol. The maximum absolute atomic E-state index is 12.9. The van der Waals surface area contributed by atoms with Crippen LogP contribution < -0.4 is 10.6 Å². The van der Waals surface area contributed by atoms with Gasteiger partial charge in [-0.1, -0.05) is 18.2 Å². The number of benzene rings is 1. The number of pyridine rings is 1. The van der Waals surface area contributed by atoms with Crippen molar-refractivity contribution in [2.24, 2.45) is 29.4 Å². The van der Waals surface area contributed by atoms with Crippen LogP contribution in [-0.4, -0.2) is 35.9 Å². The molecule has 6 heteroatoms. The molecule has 0 spiro atoms. The molecule has 0 aliphatic heterocycles. The standard InChI is InChI=1S/C26H32N4O2/c1-29(26(32)30(2)23-5-3-4-8-28-23)15-16-6-7-21(25(27)31)22(14-16)24-19-10-17-9-18(12-19)13-20(24)11-17/h3-8,14,17-20,24H,9-13,15H2,1-2H3,(H2,27,31). The number of aromatic nitrogens is 1. The number of hydrogen-bond acceptors (Lipinski definition) is 3. The first-order chi connectivity index (χ1) is 15.4. The summed E-state index contributed by atoms with van der Waals surface area (Å²) < 4.78 is 0. The van der Waals surface area contributed by atoms with Crippen molar-refractivity contribution in [3.63, 3.8) is 0 Å². The molecule has 3 amide bonds. The summed E-state index contributed by atoms with van der Waals surface area (Å²) in [6.45, 7) is 0.468. The summed E-state index contributed by atoms with van der Waals surface area (Å²) in [7, 11) is 3.53. The van der Waals surface area contributed by atoms with E-state index in [1.165, 1.54) is 32.1 Å². The summed E-state index contributed by atoms with van der Waals surface area (Å²) in [4.78, 5) is 32.7. The van der Waals surface area contributed by atoms with Crippen molar-refractivity contribution in [1.82, 2.24) is 9.88 Å². The molecule has 2 aromatic rings. The van der Waals surface area contributed by atoms with Crippen molar-refractivity contribution in [3.05, 3.63) is 59.3 Å². The molecule has 0 atom stereocenters. The van der Waals surface area contributed by atoms with Crippen LogP contribution in [-0.2, 0) is 6.54 Å². The number of amides is 3. The van der Waals surface area contributed by atoms with Crippen LogP contribution in [0.2, 0.25) is 0 Å². The van der Waals surface area contributed by atoms with E-state index in [2.05, 4.69) is 11.1 Å². The van der Waals surface area contributed by atoms with Gasteiger partial charge in [-0.15, -0.1) is 0 Å². The highest BCUT2D eigenvalue weighted by atomic mass is 16.2. The van der Waals surface area contributed by atoms with Crippen molar-refractivity contribution in [2.45, 2.75) is 44.6 Å². The third-order valence-corrected chi connectivity index (χ3v) is 7.99. The summed E-state index contributed by atoms with van der Waals surface area (Å²) in [6, 6.07) is 11.3. The number of carbonyl (C=O) groups is 2. The van der Waals surface area contributed by atoms with Gasteiger partial charge in [0.25, 0.3) is 0 Å². The van der Waals surface area contributed by atoms with Crippen LogP contribution in [0.25, 0.3) is 0 Å². The van der Waals surface area contributed by atoms with E-state index in [9.17, 15) is 9.59 Å². The number of urea groups is 1. The minimum Gasteiger partial charge on any atom is -0.366 e. The average Bonchev–Trinajstić information content (AvgIpc) is 2.78. The Morgan fingerprint density at radius 1 is 1.00 bits per heavy atom. The van der Waals surface area contributed by atoms with E-state index in [0.717, 1.165) is 23.0 Å². The number of nitrogens with two attached hydrogens (primary N) is 1. The van der Waals surface area contributed by atoms with E-state index >= 15 is 0 Å². The van der Waals surface area contributed by atoms with Gasteiger partial charge in [0.15, 0.2) is 0 Å². The molecule has 6 nitrogen and oxygen atoms in total. The van der Waals surface area contributed by atoms with Gasteiger partial charge in [0.05, 0.1) is 0 Å². The molecule has 168 valence electrons. The highest BCUT2D eigenvalue weighted by molar-refractivity contribution is 5.94. The van der Waals surface area contributed by atoms with E-state index < -0.39 is 0 Å². The maximum atomic E-state index is 12.9. The van der Waals surface area contributed by atoms with E-state index in [1.807, 2.05) is 30.3 Å². The largest absolute Gasteiger partial charge is 0.366 e. The molecule has 0 saturated heterocycles. The lowest BCUT2D eigenvalue weighted by Crippen LogP contribution is -2.44. The van der Waals surface area contributed by atoms with Crippen LogP contribution >= 0.6 is 0 Å². The van der Waals surface area contributed by atoms with Crippen molar-refractivity contribution >= 4 is 17.8 Å². The van der Waals surface area contributed by atoms with Gasteiger partial charge in [0, 0.05) is 32.4 Å². The predicted octanol–water partition coefficient (Wildman–Crippen LogP) is 4.41. The molecule has 2 N–H and O–H groups in total. The van der Waals surface area contributed by atoms with E-state index in [0.29, 0.717) is 35.7 Å². The Morgan fingerprint density at radius 3 is 2.28 bits per heavy atom. The number of anilines is 1. The topological polar surface area (TPSA) is 79.5 Å². The Morgan fingerprint density at radius 2 is 1.69 bits per heavy atom. The first kappa shape index (κ1) is 21.0. The van der Waals surface area contributed by atoms with Gasteiger partial charge in [-0.3, -0.25) is 9.69 Å². The monoisotopic (exact) mass is 432 g/mol. The summed E-state index contributed by atoms with van der Waals surface area (Å²) in [6.07, 6.45) is 8.22. The maximum Gasteiger partial charge on any atom is 0.325 e. The van der Waals surface area contributed by atoms with Gasteiger partial charge >= 0.3 is 6.03 Å². The summed E-state index contributed by atoms with van der Waals surface area (Å²) in [5.74, 6) is 3.76. The van der Waals surface area contributed by atoms with Crippen molar-refractivity contribution in [2.75, 3.05) is 19.0 Å². The molecular weight excluding hydrogens is 400 g/mol. The Bertz CT molecular complexity index is 994. The molecule has 6 rings (SSSR count). The number of rotatable bonds is 5. The number of primary amides is 1. The second kappa shape index (κ2) is 8.23. The van der Waals surface area contributed by atoms with E-state index in [-0.39, 0.29) is 11.9 Å². The molecule has 0 unspecified atom stereocenters. The molecule has 0 radical (unpaired) electrons. The fraction of sp³-hybridized carbons (Fsp3) is 0.500. The zero-order valence-electron chi connectivity index (χ0n) is 18.9. The van der Waals surface area contributed by atoms with E-state index in [4.69, 9.17) is 5.73 Å². The average molecular weight is 433 g/mol. The van der Waals surface area contributed by atoms with Gasteiger partial charge in [-0.25, -0.2) is 9.78 Å². The molecule has 4 bridgehead atoms. The number of nitrogens with zero attached hydrogens (tertiary/aromatic N) is 3. The lowest BCUT2D eigenvalue weighted by atomic mass is 9.50. The minimum atomic E-state index is -0.348. The smallest absolute Gasteiger partial charge is 0.325 e. The zero-order chi connectivity index (χ0) is 22.4. The molecule has 1 aromatic heterocycles. The normalized spacial score (nSPS) is 27.9.